The summed E-state index contributed by atoms with van der Waals surface area (Å²) in [6.45, 7) is 1.75. The molecule has 0 unspecified atom stereocenters. The Hall–Kier alpha value is -3.33. The maximum absolute atomic E-state index is 13.9. The first-order valence-corrected chi connectivity index (χ1v) is 8.65. The molecular weight excluding hydrogens is 370 g/mol. The monoisotopic (exact) mass is 386 g/mol. The van der Waals surface area contributed by atoms with E-state index in [1.807, 2.05) is 0 Å². The van der Waals surface area contributed by atoms with Gasteiger partial charge in [0.15, 0.2) is 5.69 Å². The van der Waals surface area contributed by atoms with Crippen LogP contribution in [0.5, 0.6) is 0 Å². The number of halogens is 2. The highest BCUT2D eigenvalue weighted by atomic mass is 19.1. The molecule has 0 saturated carbocycles. The van der Waals surface area contributed by atoms with Gasteiger partial charge in [-0.3, -0.25) is 14.0 Å². The summed E-state index contributed by atoms with van der Waals surface area (Å²) in [5, 5.41) is 2.37. The lowest BCUT2D eigenvalue weighted by atomic mass is 10.3. The number of hydrogen-bond acceptors (Lipinski definition) is 4. The van der Waals surface area contributed by atoms with Crippen LogP contribution in [0.1, 0.15) is 21.1 Å². The van der Waals surface area contributed by atoms with Gasteiger partial charge in [-0.2, -0.15) is 0 Å². The van der Waals surface area contributed by atoms with E-state index in [2.05, 4.69) is 10.3 Å². The van der Waals surface area contributed by atoms with Gasteiger partial charge in [-0.15, -0.1) is 0 Å². The molecule has 28 heavy (non-hydrogen) atoms. The number of aromatic nitrogens is 2. The largest absolute Gasteiger partial charge is 0.378 e. The second-order valence-electron chi connectivity index (χ2n) is 6.22. The molecule has 9 heteroatoms. The summed E-state index contributed by atoms with van der Waals surface area (Å²) in [4.78, 5) is 31.4. The number of hydrogen-bond donors (Lipinski definition) is 1. The first-order valence-electron chi connectivity index (χ1n) is 8.65. The van der Waals surface area contributed by atoms with E-state index in [0.29, 0.717) is 37.9 Å². The molecule has 2 amide bonds. The van der Waals surface area contributed by atoms with Crippen LogP contribution in [0.3, 0.4) is 0 Å². The van der Waals surface area contributed by atoms with Crippen molar-refractivity contribution in [2.75, 3.05) is 31.6 Å². The minimum Gasteiger partial charge on any atom is -0.378 e. The van der Waals surface area contributed by atoms with Crippen LogP contribution in [0.25, 0.3) is 5.52 Å². The third kappa shape index (κ3) is 3.31. The average molecular weight is 386 g/mol. The van der Waals surface area contributed by atoms with Crippen LogP contribution in [0.15, 0.2) is 42.6 Å². The van der Waals surface area contributed by atoms with Crippen LogP contribution < -0.4 is 5.32 Å². The lowest BCUT2D eigenvalue weighted by molar-refractivity contribution is 0.0300. The molecular formula is C19H16F2N4O3. The third-order valence-corrected chi connectivity index (χ3v) is 4.43. The van der Waals surface area contributed by atoms with Crippen LogP contribution >= 0.6 is 0 Å². The predicted molar refractivity (Wildman–Crippen MR) is 96.2 cm³/mol. The van der Waals surface area contributed by atoms with E-state index in [1.54, 1.807) is 29.3 Å². The van der Waals surface area contributed by atoms with Crippen molar-refractivity contribution < 1.29 is 23.1 Å². The van der Waals surface area contributed by atoms with E-state index in [1.165, 1.54) is 4.40 Å². The zero-order chi connectivity index (χ0) is 19.7. The van der Waals surface area contributed by atoms with Gasteiger partial charge in [0, 0.05) is 25.4 Å². The Morgan fingerprint density at radius 2 is 1.89 bits per heavy atom. The standard InChI is InChI=1S/C19H16F2N4O3/c20-12-4-5-14(13(21)11-12)22-18(26)17-23-16(15-3-1-2-6-25(15)17)19(27)24-7-9-28-10-8-24/h1-6,11H,7-10H2,(H,22,26). The Balaban J connectivity index is 1.69. The van der Waals surface area contributed by atoms with E-state index in [9.17, 15) is 18.4 Å². The molecule has 1 aromatic carbocycles. The number of rotatable bonds is 3. The van der Waals surface area contributed by atoms with Gasteiger partial charge in [-0.1, -0.05) is 6.07 Å². The molecule has 4 rings (SSSR count). The third-order valence-electron chi connectivity index (χ3n) is 4.43. The Bertz CT molecular complexity index is 1060. The Morgan fingerprint density at radius 1 is 1.11 bits per heavy atom. The number of nitrogens with one attached hydrogen (secondary N) is 1. The molecule has 144 valence electrons. The summed E-state index contributed by atoms with van der Waals surface area (Å²) in [7, 11) is 0. The molecule has 1 aliphatic heterocycles. The van der Waals surface area contributed by atoms with Crippen molar-refractivity contribution >= 4 is 23.0 Å². The van der Waals surface area contributed by atoms with Gasteiger partial charge in [-0.25, -0.2) is 13.8 Å². The molecule has 0 radical (unpaired) electrons. The fourth-order valence-electron chi connectivity index (χ4n) is 3.04. The van der Waals surface area contributed by atoms with Crippen molar-refractivity contribution in [3.63, 3.8) is 0 Å². The van der Waals surface area contributed by atoms with Crippen LogP contribution in [-0.2, 0) is 4.74 Å². The normalized spacial score (nSPS) is 14.3. The summed E-state index contributed by atoms with van der Waals surface area (Å²) in [5.41, 5.74) is 0.413. The predicted octanol–water partition coefficient (Wildman–Crippen LogP) is 2.34. The molecule has 2 aromatic heterocycles. The average Bonchev–Trinajstić information content (AvgIpc) is 3.10. The van der Waals surface area contributed by atoms with Crippen LogP contribution in [-0.4, -0.2) is 52.4 Å². The fourth-order valence-corrected chi connectivity index (χ4v) is 3.04. The van der Waals surface area contributed by atoms with Gasteiger partial charge in [0.25, 0.3) is 11.8 Å². The van der Waals surface area contributed by atoms with Gasteiger partial charge < -0.3 is 15.0 Å². The second-order valence-corrected chi connectivity index (χ2v) is 6.22. The van der Waals surface area contributed by atoms with Crippen LogP contribution in [0, 0.1) is 11.6 Å². The van der Waals surface area contributed by atoms with Crippen molar-refractivity contribution in [2.24, 2.45) is 0 Å². The molecule has 0 aliphatic carbocycles. The molecule has 7 nitrogen and oxygen atoms in total. The zero-order valence-electron chi connectivity index (χ0n) is 14.7. The molecule has 0 bridgehead atoms. The molecule has 3 aromatic rings. The number of anilines is 1. The van der Waals surface area contributed by atoms with Crippen LogP contribution in [0.4, 0.5) is 14.5 Å². The van der Waals surface area contributed by atoms with Crippen LogP contribution in [0.2, 0.25) is 0 Å². The molecule has 0 atom stereocenters. The summed E-state index contributed by atoms with van der Waals surface area (Å²) >= 11 is 0. The number of benzene rings is 1. The van der Waals surface area contributed by atoms with Gasteiger partial charge >= 0.3 is 0 Å². The number of imidazole rings is 1. The van der Waals surface area contributed by atoms with Gasteiger partial charge in [-0.05, 0) is 24.3 Å². The molecule has 1 N–H and O–H groups in total. The molecule has 1 fully saturated rings. The number of nitrogens with zero attached hydrogens (tertiary/aromatic N) is 3. The second kappa shape index (κ2) is 7.35. The number of ether oxygens (including phenoxy) is 1. The van der Waals surface area contributed by atoms with Gasteiger partial charge in [0.2, 0.25) is 5.82 Å². The first-order chi connectivity index (χ1) is 13.5. The van der Waals surface area contributed by atoms with E-state index in [4.69, 9.17) is 4.74 Å². The summed E-state index contributed by atoms with van der Waals surface area (Å²) in [6, 6.07) is 7.93. The Labute approximate surface area is 158 Å². The van der Waals surface area contributed by atoms with Crippen molar-refractivity contribution in [2.45, 2.75) is 0 Å². The minimum atomic E-state index is -0.904. The number of carbonyl (C=O) groups excluding carboxylic acids is 2. The van der Waals surface area contributed by atoms with Gasteiger partial charge in [0.05, 0.1) is 24.4 Å². The highest BCUT2D eigenvalue weighted by Gasteiger charge is 2.26. The van der Waals surface area contributed by atoms with Crippen molar-refractivity contribution in [3.05, 3.63) is 65.7 Å². The molecule has 0 spiro atoms. The number of fused-ring (bicyclic) bond motifs is 1. The van der Waals surface area contributed by atoms with Crippen molar-refractivity contribution in [3.8, 4) is 0 Å². The number of amides is 2. The number of pyridine rings is 1. The highest BCUT2D eigenvalue weighted by Crippen LogP contribution is 2.19. The lowest BCUT2D eigenvalue weighted by Gasteiger charge is -2.26. The Kier molecular flexibility index (Phi) is 4.74. The Morgan fingerprint density at radius 3 is 2.64 bits per heavy atom. The van der Waals surface area contributed by atoms with E-state index < -0.39 is 17.5 Å². The topological polar surface area (TPSA) is 75.9 Å². The van der Waals surface area contributed by atoms with E-state index >= 15 is 0 Å². The van der Waals surface area contributed by atoms with Crippen molar-refractivity contribution in [1.82, 2.24) is 14.3 Å². The van der Waals surface area contributed by atoms with E-state index in [-0.39, 0.29) is 23.1 Å². The molecule has 1 aliphatic rings. The number of carbonyl (C=O) groups is 2. The zero-order valence-corrected chi connectivity index (χ0v) is 14.7. The summed E-state index contributed by atoms with van der Waals surface area (Å²) in [6.07, 6.45) is 1.59. The summed E-state index contributed by atoms with van der Waals surface area (Å²) in [5.74, 6) is -2.75. The highest BCUT2D eigenvalue weighted by molar-refractivity contribution is 6.06. The van der Waals surface area contributed by atoms with Gasteiger partial charge in [0.1, 0.15) is 11.6 Å². The quantitative estimate of drug-likeness (QED) is 0.750. The lowest BCUT2D eigenvalue weighted by Crippen LogP contribution is -2.40. The molecule has 1 saturated heterocycles. The first kappa shape index (κ1) is 18.1. The smallest absolute Gasteiger partial charge is 0.292 e. The molecule has 3 heterocycles. The number of morpholine rings is 1. The van der Waals surface area contributed by atoms with Crippen molar-refractivity contribution in [1.29, 1.82) is 0 Å². The summed E-state index contributed by atoms with van der Waals surface area (Å²) < 4.78 is 33.6. The maximum Gasteiger partial charge on any atom is 0.292 e. The van der Waals surface area contributed by atoms with E-state index in [0.717, 1.165) is 12.1 Å². The fraction of sp³-hybridized carbons (Fsp3) is 0.211. The SMILES string of the molecule is O=C(Nc1ccc(F)cc1F)c1nc(C(=O)N2CCOCC2)c2ccccn12. The minimum absolute atomic E-state index is 0.0732. The maximum atomic E-state index is 13.9.